The van der Waals surface area contributed by atoms with Crippen molar-refractivity contribution >= 4 is 34.2 Å². The first-order valence-electron chi connectivity index (χ1n) is 8.58. The highest BCUT2D eigenvalue weighted by Gasteiger charge is 2.32. The van der Waals surface area contributed by atoms with Crippen molar-refractivity contribution in [3.63, 3.8) is 0 Å². The zero-order valence-corrected chi connectivity index (χ0v) is 14.4. The Hall–Kier alpha value is -3.48. The molecular weight excluding hydrogens is 347 g/mol. The minimum absolute atomic E-state index is 0.104. The molecule has 0 spiro atoms. The molecule has 136 valence electrons. The lowest BCUT2D eigenvalue weighted by atomic mass is 10.2. The normalized spacial score (nSPS) is 14.0. The third kappa shape index (κ3) is 3.31. The first-order valence-corrected chi connectivity index (χ1v) is 8.58. The second-order valence-corrected chi connectivity index (χ2v) is 6.24. The number of aromatic nitrogens is 1. The second-order valence-electron chi connectivity index (χ2n) is 6.24. The average Bonchev–Trinajstić information content (AvgIpc) is 3.03. The lowest BCUT2D eigenvalue weighted by molar-refractivity contribution is -0.116. The quantitative estimate of drug-likeness (QED) is 0.773. The summed E-state index contributed by atoms with van der Waals surface area (Å²) in [6.45, 7) is 0.588. The maximum Gasteiger partial charge on any atom is 0.325 e. The molecule has 27 heavy (non-hydrogen) atoms. The van der Waals surface area contributed by atoms with E-state index in [2.05, 4.69) is 10.3 Å². The number of rotatable bonds is 4. The number of carbonyl (C=O) groups excluding carboxylic acids is 2. The molecule has 2 aromatic carbocycles. The van der Waals surface area contributed by atoms with Crippen LogP contribution in [0.3, 0.4) is 0 Å². The van der Waals surface area contributed by atoms with Gasteiger partial charge in [-0.15, -0.1) is 0 Å². The van der Waals surface area contributed by atoms with E-state index in [1.165, 1.54) is 15.9 Å². The molecule has 0 bridgehead atoms. The number of amides is 3. The first-order chi connectivity index (χ1) is 13.1. The molecule has 7 heteroatoms. The van der Waals surface area contributed by atoms with Crippen molar-refractivity contribution in [2.24, 2.45) is 0 Å². The standard InChI is InChI=1S/C20H17FN4O2/c21-15-7-1-2-9-17(15)25-12-11-24(20(25)27)13-18(26)23-16-8-3-5-14-6-4-10-22-19(14)16/h1-10H,11-13H2,(H,23,26). The summed E-state index contributed by atoms with van der Waals surface area (Å²) in [7, 11) is 0. The minimum Gasteiger partial charge on any atom is -0.323 e. The Kier molecular flexibility index (Phi) is 4.42. The Bertz CT molecular complexity index is 1020. The van der Waals surface area contributed by atoms with Crippen LogP contribution >= 0.6 is 0 Å². The van der Waals surface area contributed by atoms with Crippen molar-refractivity contribution in [1.29, 1.82) is 0 Å². The van der Waals surface area contributed by atoms with E-state index in [-0.39, 0.29) is 24.2 Å². The molecule has 0 atom stereocenters. The van der Waals surface area contributed by atoms with E-state index >= 15 is 0 Å². The molecule has 1 saturated heterocycles. The topological polar surface area (TPSA) is 65.5 Å². The van der Waals surface area contributed by atoms with Crippen LogP contribution in [0.2, 0.25) is 0 Å². The van der Waals surface area contributed by atoms with E-state index in [1.54, 1.807) is 30.5 Å². The van der Waals surface area contributed by atoms with Gasteiger partial charge in [0.25, 0.3) is 0 Å². The number of halogens is 1. The average molecular weight is 364 g/mol. The van der Waals surface area contributed by atoms with E-state index in [1.807, 2.05) is 24.3 Å². The maximum atomic E-state index is 13.9. The van der Waals surface area contributed by atoms with Gasteiger partial charge in [0.15, 0.2) is 0 Å². The van der Waals surface area contributed by atoms with E-state index in [4.69, 9.17) is 0 Å². The van der Waals surface area contributed by atoms with Crippen LogP contribution in [0.25, 0.3) is 10.9 Å². The smallest absolute Gasteiger partial charge is 0.323 e. The molecule has 6 nitrogen and oxygen atoms in total. The highest BCUT2D eigenvalue weighted by molar-refractivity contribution is 6.03. The van der Waals surface area contributed by atoms with Crippen molar-refractivity contribution in [2.75, 3.05) is 29.9 Å². The van der Waals surface area contributed by atoms with Crippen LogP contribution in [-0.4, -0.2) is 41.5 Å². The Balaban J connectivity index is 1.46. The number of pyridine rings is 1. The number of nitrogens with zero attached hydrogens (tertiary/aromatic N) is 3. The molecule has 2 heterocycles. The van der Waals surface area contributed by atoms with Crippen molar-refractivity contribution in [2.45, 2.75) is 0 Å². The highest BCUT2D eigenvalue weighted by atomic mass is 19.1. The van der Waals surface area contributed by atoms with Crippen LogP contribution in [0.5, 0.6) is 0 Å². The van der Waals surface area contributed by atoms with Gasteiger partial charge in [-0.25, -0.2) is 9.18 Å². The molecular formula is C20H17FN4O2. The zero-order valence-electron chi connectivity index (χ0n) is 14.4. The third-order valence-corrected chi connectivity index (χ3v) is 4.48. The second kappa shape index (κ2) is 7.03. The lowest BCUT2D eigenvalue weighted by Crippen LogP contribution is -2.37. The van der Waals surface area contributed by atoms with Gasteiger partial charge in [-0.1, -0.05) is 30.3 Å². The number of hydrogen-bond acceptors (Lipinski definition) is 3. The summed E-state index contributed by atoms with van der Waals surface area (Å²) in [6.07, 6.45) is 1.66. The molecule has 1 aromatic heterocycles. The molecule has 1 fully saturated rings. The Morgan fingerprint density at radius 1 is 1.07 bits per heavy atom. The first kappa shape index (κ1) is 17.0. The van der Waals surface area contributed by atoms with Crippen LogP contribution in [-0.2, 0) is 4.79 Å². The predicted octanol–water partition coefficient (Wildman–Crippen LogP) is 3.25. The fraction of sp³-hybridized carbons (Fsp3) is 0.150. The van der Waals surface area contributed by atoms with Crippen LogP contribution in [0.4, 0.5) is 20.6 Å². The summed E-state index contributed by atoms with van der Waals surface area (Å²) >= 11 is 0. The minimum atomic E-state index is -0.459. The van der Waals surface area contributed by atoms with Gasteiger partial charge < -0.3 is 10.2 Å². The van der Waals surface area contributed by atoms with Gasteiger partial charge in [-0.3, -0.25) is 14.7 Å². The number of nitrogens with one attached hydrogen (secondary N) is 1. The Morgan fingerprint density at radius 3 is 2.74 bits per heavy atom. The Labute approximate surface area is 155 Å². The summed E-state index contributed by atoms with van der Waals surface area (Å²) < 4.78 is 13.9. The van der Waals surface area contributed by atoms with Crippen LogP contribution in [0.1, 0.15) is 0 Å². The van der Waals surface area contributed by atoms with Crippen LogP contribution in [0, 0.1) is 5.82 Å². The van der Waals surface area contributed by atoms with E-state index in [9.17, 15) is 14.0 Å². The monoisotopic (exact) mass is 364 g/mol. The number of urea groups is 1. The van der Waals surface area contributed by atoms with Gasteiger partial charge in [0.05, 0.1) is 16.9 Å². The van der Waals surface area contributed by atoms with Crippen LogP contribution in [0.15, 0.2) is 60.8 Å². The molecule has 1 aliphatic heterocycles. The van der Waals surface area contributed by atoms with Crippen molar-refractivity contribution in [3.05, 3.63) is 66.6 Å². The van der Waals surface area contributed by atoms with Crippen LogP contribution < -0.4 is 10.2 Å². The number of hydrogen-bond donors (Lipinski definition) is 1. The van der Waals surface area contributed by atoms with E-state index < -0.39 is 5.82 Å². The molecule has 0 unspecified atom stereocenters. The van der Waals surface area contributed by atoms with Gasteiger partial charge >= 0.3 is 6.03 Å². The number of carbonyl (C=O) groups is 2. The van der Waals surface area contributed by atoms with Crippen molar-refractivity contribution in [1.82, 2.24) is 9.88 Å². The van der Waals surface area contributed by atoms with Gasteiger partial charge in [0, 0.05) is 24.7 Å². The number of para-hydroxylation sites is 2. The SMILES string of the molecule is O=C(CN1CCN(c2ccccc2F)C1=O)Nc1cccc2cccnc12. The predicted molar refractivity (Wildman–Crippen MR) is 101 cm³/mol. The maximum absolute atomic E-state index is 13.9. The third-order valence-electron chi connectivity index (χ3n) is 4.48. The van der Waals surface area contributed by atoms with E-state index in [0.29, 0.717) is 24.3 Å². The molecule has 1 aliphatic rings. The molecule has 3 amide bonds. The fourth-order valence-corrected chi connectivity index (χ4v) is 3.19. The molecule has 0 aliphatic carbocycles. The molecule has 4 rings (SSSR count). The fourth-order valence-electron chi connectivity index (χ4n) is 3.19. The summed E-state index contributed by atoms with van der Waals surface area (Å²) in [5.41, 5.74) is 1.51. The molecule has 0 saturated carbocycles. The number of benzene rings is 2. The largest absolute Gasteiger partial charge is 0.325 e. The van der Waals surface area contributed by atoms with E-state index in [0.717, 1.165) is 5.39 Å². The summed E-state index contributed by atoms with van der Waals surface area (Å²) in [6, 6.07) is 15.0. The molecule has 1 N–H and O–H groups in total. The van der Waals surface area contributed by atoms with Gasteiger partial charge in [0.2, 0.25) is 5.91 Å². The Morgan fingerprint density at radius 2 is 1.89 bits per heavy atom. The summed E-state index contributed by atoms with van der Waals surface area (Å²) in [4.78, 5) is 32.0. The lowest BCUT2D eigenvalue weighted by Gasteiger charge is -2.19. The van der Waals surface area contributed by atoms with Gasteiger partial charge in [-0.05, 0) is 24.3 Å². The number of anilines is 2. The highest BCUT2D eigenvalue weighted by Crippen LogP contribution is 2.24. The van der Waals surface area contributed by atoms with Crippen molar-refractivity contribution in [3.8, 4) is 0 Å². The van der Waals surface area contributed by atoms with Gasteiger partial charge in [-0.2, -0.15) is 0 Å². The van der Waals surface area contributed by atoms with Crippen molar-refractivity contribution < 1.29 is 14.0 Å². The zero-order chi connectivity index (χ0) is 18.8. The summed E-state index contributed by atoms with van der Waals surface area (Å²) in [5.74, 6) is -0.782. The molecule has 0 radical (unpaired) electrons. The van der Waals surface area contributed by atoms with Gasteiger partial charge in [0.1, 0.15) is 12.4 Å². The summed E-state index contributed by atoms with van der Waals surface area (Å²) in [5, 5.41) is 3.73. The molecule has 3 aromatic rings. The number of fused-ring (bicyclic) bond motifs is 1.